The molecule has 0 aliphatic carbocycles. The molecule has 130 valence electrons. The third-order valence-electron chi connectivity index (χ3n) is 3.73. The second-order valence-corrected chi connectivity index (χ2v) is 5.59. The largest absolute Gasteiger partial charge is 0.445 e. The van der Waals surface area contributed by atoms with Crippen LogP contribution in [0.4, 0.5) is 18.0 Å². The summed E-state index contributed by atoms with van der Waals surface area (Å²) in [5.41, 5.74) is 6.54. The maximum atomic E-state index is 12.7. The number of benzene rings is 1. The normalized spacial score (nSPS) is 16.3. The van der Waals surface area contributed by atoms with Crippen LogP contribution >= 0.6 is 0 Å². The lowest BCUT2D eigenvalue weighted by Gasteiger charge is -2.28. The van der Waals surface area contributed by atoms with Crippen LogP contribution in [0.15, 0.2) is 53.3 Å². The van der Waals surface area contributed by atoms with Gasteiger partial charge in [-0.05, 0) is 24.1 Å². The van der Waals surface area contributed by atoms with Gasteiger partial charge in [0.25, 0.3) is 0 Å². The highest BCUT2D eigenvalue weighted by atomic mass is 19.4. The number of amides is 1. The van der Waals surface area contributed by atoms with Gasteiger partial charge in [-0.25, -0.2) is 4.79 Å². The summed E-state index contributed by atoms with van der Waals surface area (Å²) in [6.45, 7) is 1.42. The van der Waals surface area contributed by atoms with Crippen LogP contribution in [0.3, 0.4) is 0 Å². The fraction of sp³-hybridized carbons (Fsp3) is 0.353. The van der Waals surface area contributed by atoms with Crippen LogP contribution in [-0.4, -0.2) is 30.3 Å². The average Bonchev–Trinajstić information content (AvgIpc) is 2.54. The van der Waals surface area contributed by atoms with Gasteiger partial charge in [-0.2, -0.15) is 13.2 Å². The Kier molecular flexibility index (Phi) is 5.54. The highest BCUT2D eigenvalue weighted by molar-refractivity contribution is 5.68. The first-order valence-corrected chi connectivity index (χ1v) is 7.46. The van der Waals surface area contributed by atoms with Gasteiger partial charge in [0.2, 0.25) is 0 Å². The SMILES string of the molecule is C/C(=C\C1=C(N)CCN(C(=O)OCc2ccccc2)C1)C(F)(F)F. The van der Waals surface area contributed by atoms with E-state index in [0.29, 0.717) is 24.2 Å². The second-order valence-electron chi connectivity index (χ2n) is 5.59. The van der Waals surface area contributed by atoms with Crippen molar-refractivity contribution in [2.24, 2.45) is 5.73 Å². The molecule has 1 aromatic carbocycles. The minimum Gasteiger partial charge on any atom is -0.445 e. The van der Waals surface area contributed by atoms with Crippen LogP contribution < -0.4 is 5.73 Å². The van der Waals surface area contributed by atoms with E-state index in [1.165, 1.54) is 4.90 Å². The lowest BCUT2D eigenvalue weighted by molar-refractivity contribution is -0.0913. The summed E-state index contributed by atoms with van der Waals surface area (Å²) >= 11 is 0. The van der Waals surface area contributed by atoms with Crippen molar-refractivity contribution in [1.82, 2.24) is 4.90 Å². The molecule has 0 aromatic heterocycles. The van der Waals surface area contributed by atoms with Gasteiger partial charge in [-0.15, -0.1) is 0 Å². The van der Waals surface area contributed by atoms with Gasteiger partial charge in [0.15, 0.2) is 0 Å². The molecular weight excluding hydrogens is 321 g/mol. The molecule has 1 aromatic rings. The van der Waals surface area contributed by atoms with E-state index in [9.17, 15) is 18.0 Å². The summed E-state index contributed by atoms with van der Waals surface area (Å²) in [5, 5.41) is 0. The van der Waals surface area contributed by atoms with Crippen molar-refractivity contribution in [3.8, 4) is 0 Å². The number of alkyl halides is 3. The molecule has 24 heavy (non-hydrogen) atoms. The fourth-order valence-electron chi connectivity index (χ4n) is 2.25. The summed E-state index contributed by atoms with van der Waals surface area (Å²) in [5.74, 6) is 0. The standard InChI is InChI=1S/C17H19F3N2O2/c1-12(17(18,19)20)9-14-10-22(8-7-15(14)21)16(23)24-11-13-5-3-2-4-6-13/h2-6,9H,7-8,10-11,21H2,1H3/b12-9+. The Bertz CT molecular complexity index is 652. The third kappa shape index (κ3) is 4.78. The van der Waals surface area contributed by atoms with Crippen LogP contribution in [0.25, 0.3) is 0 Å². The molecule has 0 saturated heterocycles. The van der Waals surface area contributed by atoms with E-state index in [4.69, 9.17) is 10.5 Å². The zero-order chi connectivity index (χ0) is 17.7. The number of nitrogens with two attached hydrogens (primary N) is 1. The van der Waals surface area contributed by atoms with Gasteiger partial charge >= 0.3 is 12.3 Å². The smallest absolute Gasteiger partial charge is 0.412 e. The number of allylic oxidation sites excluding steroid dienone is 1. The van der Waals surface area contributed by atoms with Crippen molar-refractivity contribution in [1.29, 1.82) is 0 Å². The zero-order valence-corrected chi connectivity index (χ0v) is 13.3. The van der Waals surface area contributed by atoms with E-state index >= 15 is 0 Å². The minimum atomic E-state index is -4.41. The zero-order valence-electron chi connectivity index (χ0n) is 13.3. The Labute approximate surface area is 138 Å². The Morgan fingerprint density at radius 1 is 1.33 bits per heavy atom. The van der Waals surface area contributed by atoms with Gasteiger partial charge in [0, 0.05) is 24.2 Å². The lowest BCUT2D eigenvalue weighted by atomic mass is 10.0. The molecule has 2 N–H and O–H groups in total. The molecule has 0 fully saturated rings. The van der Waals surface area contributed by atoms with Crippen LogP contribution in [0.2, 0.25) is 0 Å². The Morgan fingerprint density at radius 2 is 2.00 bits per heavy atom. The van der Waals surface area contributed by atoms with Gasteiger partial charge in [0.1, 0.15) is 6.61 Å². The van der Waals surface area contributed by atoms with E-state index in [1.807, 2.05) is 30.3 Å². The van der Waals surface area contributed by atoms with Crippen molar-refractivity contribution in [2.75, 3.05) is 13.1 Å². The van der Waals surface area contributed by atoms with E-state index in [1.54, 1.807) is 0 Å². The van der Waals surface area contributed by atoms with Gasteiger partial charge in [0.05, 0.1) is 6.54 Å². The predicted octanol–water partition coefficient (Wildman–Crippen LogP) is 3.75. The Hall–Kier alpha value is -2.44. The van der Waals surface area contributed by atoms with Crippen LogP contribution in [0, 0.1) is 0 Å². The third-order valence-corrected chi connectivity index (χ3v) is 3.73. The number of carbonyl (C=O) groups excluding carboxylic acids is 1. The van der Waals surface area contributed by atoms with E-state index in [2.05, 4.69) is 0 Å². The average molecular weight is 340 g/mol. The molecule has 0 atom stereocenters. The van der Waals surface area contributed by atoms with Gasteiger partial charge in [-0.1, -0.05) is 30.3 Å². The molecule has 2 rings (SSSR count). The van der Waals surface area contributed by atoms with Gasteiger partial charge < -0.3 is 15.4 Å². The molecule has 0 spiro atoms. The molecule has 7 heteroatoms. The monoisotopic (exact) mass is 340 g/mol. The number of carbonyl (C=O) groups is 1. The number of rotatable bonds is 3. The number of halogens is 3. The minimum absolute atomic E-state index is 0.00682. The van der Waals surface area contributed by atoms with Gasteiger partial charge in [-0.3, -0.25) is 0 Å². The van der Waals surface area contributed by atoms with E-state index in [-0.39, 0.29) is 13.2 Å². The van der Waals surface area contributed by atoms with Crippen LogP contribution in [0.1, 0.15) is 18.9 Å². The van der Waals surface area contributed by atoms with Crippen molar-refractivity contribution in [2.45, 2.75) is 26.1 Å². The summed E-state index contributed by atoms with van der Waals surface area (Å²) < 4.78 is 43.2. The Balaban J connectivity index is 2.00. The van der Waals surface area contributed by atoms with Crippen molar-refractivity contribution in [3.63, 3.8) is 0 Å². The molecule has 0 saturated carbocycles. The van der Waals surface area contributed by atoms with Crippen molar-refractivity contribution < 1.29 is 22.7 Å². The number of ether oxygens (including phenoxy) is 1. The first-order valence-electron chi connectivity index (χ1n) is 7.46. The topological polar surface area (TPSA) is 55.6 Å². The molecule has 0 radical (unpaired) electrons. The lowest BCUT2D eigenvalue weighted by Crippen LogP contribution is -2.38. The molecule has 1 amide bonds. The van der Waals surface area contributed by atoms with E-state index in [0.717, 1.165) is 18.6 Å². The first kappa shape index (κ1) is 17.9. The van der Waals surface area contributed by atoms with Crippen LogP contribution in [-0.2, 0) is 11.3 Å². The summed E-state index contributed by atoms with van der Waals surface area (Å²) in [6.07, 6.45) is -3.67. The molecule has 4 nitrogen and oxygen atoms in total. The fourth-order valence-corrected chi connectivity index (χ4v) is 2.25. The Morgan fingerprint density at radius 3 is 2.62 bits per heavy atom. The molecular formula is C17H19F3N2O2. The summed E-state index contributed by atoms with van der Waals surface area (Å²) in [4.78, 5) is 13.5. The maximum absolute atomic E-state index is 12.7. The first-order chi connectivity index (χ1) is 11.3. The quantitative estimate of drug-likeness (QED) is 0.912. The number of hydrogen-bond donors (Lipinski definition) is 1. The van der Waals surface area contributed by atoms with Crippen LogP contribution in [0.5, 0.6) is 0 Å². The van der Waals surface area contributed by atoms with E-state index < -0.39 is 17.8 Å². The number of nitrogens with zero attached hydrogens (tertiary/aromatic N) is 1. The highest BCUT2D eigenvalue weighted by Crippen LogP contribution is 2.27. The molecule has 1 aliphatic heterocycles. The number of hydrogen-bond acceptors (Lipinski definition) is 3. The van der Waals surface area contributed by atoms with Crippen molar-refractivity contribution in [3.05, 3.63) is 58.8 Å². The van der Waals surface area contributed by atoms with Crippen molar-refractivity contribution >= 4 is 6.09 Å². The summed E-state index contributed by atoms with van der Waals surface area (Å²) in [6, 6.07) is 9.15. The predicted molar refractivity (Wildman–Crippen MR) is 83.8 cm³/mol. The highest BCUT2D eigenvalue weighted by Gasteiger charge is 2.31. The molecule has 0 bridgehead atoms. The molecule has 0 unspecified atom stereocenters. The maximum Gasteiger partial charge on any atom is 0.412 e. The molecule has 1 heterocycles. The second kappa shape index (κ2) is 7.42. The summed E-state index contributed by atoms with van der Waals surface area (Å²) in [7, 11) is 0. The molecule has 1 aliphatic rings.